The van der Waals surface area contributed by atoms with Crippen LogP contribution in [0, 0.1) is 0 Å². The molecule has 1 atom stereocenters. The van der Waals surface area contributed by atoms with E-state index in [2.05, 4.69) is 34.8 Å². The lowest BCUT2D eigenvalue weighted by Crippen LogP contribution is -3.00. The van der Waals surface area contributed by atoms with Crippen molar-refractivity contribution in [1.82, 2.24) is 4.98 Å². The van der Waals surface area contributed by atoms with Crippen LogP contribution in [0.3, 0.4) is 0 Å². The first-order valence-electron chi connectivity index (χ1n) is 6.55. The number of hydrogen-bond donors (Lipinski definition) is 1. The summed E-state index contributed by atoms with van der Waals surface area (Å²) in [6.45, 7) is 4.96. The number of nitrogens with zero attached hydrogens (tertiary/aromatic N) is 1. The normalized spacial score (nSPS) is 11.7. The van der Waals surface area contributed by atoms with Gasteiger partial charge in [0.25, 0.3) is 0 Å². The largest absolute Gasteiger partial charge is 1.00 e. The standard InChI is InChI=1S/C15H20N2O.BrH/c1-3-18-15-8-6-14(7-9-15)5-4-13(2)17-11-10-16-12-17;/h6-13H,3-5H2,1-2H3;1H. The van der Waals surface area contributed by atoms with Gasteiger partial charge in [0.1, 0.15) is 18.1 Å². The Kier molecular flexibility index (Phi) is 6.64. The zero-order valence-corrected chi connectivity index (χ0v) is 13.1. The zero-order valence-electron chi connectivity index (χ0n) is 11.5. The van der Waals surface area contributed by atoms with Crippen LogP contribution in [0.1, 0.15) is 31.9 Å². The van der Waals surface area contributed by atoms with Gasteiger partial charge in [0.2, 0.25) is 6.33 Å². The fraction of sp³-hybridized carbons (Fsp3) is 0.400. The number of hydrogen-bond acceptors (Lipinski definition) is 1. The average Bonchev–Trinajstić information content (AvgIpc) is 2.92. The molecule has 1 N–H and O–H groups in total. The van der Waals surface area contributed by atoms with E-state index in [-0.39, 0.29) is 17.0 Å². The lowest BCUT2D eigenvalue weighted by molar-refractivity contribution is -0.719. The molecule has 2 aromatic rings. The van der Waals surface area contributed by atoms with Gasteiger partial charge in [-0.3, -0.25) is 4.98 Å². The van der Waals surface area contributed by atoms with Crippen LogP contribution in [0.25, 0.3) is 0 Å². The Hall–Kier alpha value is -1.29. The maximum Gasteiger partial charge on any atom is 0.241 e. The Bertz CT molecular complexity index is 454. The minimum absolute atomic E-state index is 0. The molecule has 0 aliphatic heterocycles. The molecule has 3 nitrogen and oxygen atoms in total. The van der Waals surface area contributed by atoms with Crippen molar-refractivity contribution in [3.63, 3.8) is 0 Å². The van der Waals surface area contributed by atoms with E-state index in [1.807, 2.05) is 31.6 Å². The zero-order chi connectivity index (χ0) is 12.8. The molecule has 1 heterocycles. The molecule has 4 heteroatoms. The van der Waals surface area contributed by atoms with Crippen LogP contribution in [0.5, 0.6) is 5.75 Å². The number of benzene rings is 1. The van der Waals surface area contributed by atoms with Crippen molar-refractivity contribution < 1.29 is 26.3 Å². The summed E-state index contributed by atoms with van der Waals surface area (Å²) in [5.41, 5.74) is 1.36. The summed E-state index contributed by atoms with van der Waals surface area (Å²) in [7, 11) is 0. The van der Waals surface area contributed by atoms with Crippen molar-refractivity contribution in [3.05, 3.63) is 48.5 Å². The lowest BCUT2D eigenvalue weighted by atomic mass is 10.1. The molecule has 0 amide bonds. The third-order valence-electron chi connectivity index (χ3n) is 3.16. The Morgan fingerprint density at radius 3 is 2.58 bits per heavy atom. The third kappa shape index (κ3) is 4.71. The Labute approximate surface area is 125 Å². The molecule has 0 radical (unpaired) electrons. The number of imidazole rings is 1. The van der Waals surface area contributed by atoms with Gasteiger partial charge < -0.3 is 21.7 Å². The fourth-order valence-corrected chi connectivity index (χ4v) is 2.02. The van der Waals surface area contributed by atoms with Crippen LogP contribution in [0.4, 0.5) is 0 Å². The van der Waals surface area contributed by atoms with E-state index < -0.39 is 0 Å². The lowest BCUT2D eigenvalue weighted by Gasteiger charge is -2.08. The van der Waals surface area contributed by atoms with E-state index in [0.717, 1.165) is 25.2 Å². The molecule has 0 spiro atoms. The second kappa shape index (κ2) is 8.00. The minimum atomic E-state index is 0. The van der Waals surface area contributed by atoms with Crippen molar-refractivity contribution in [2.24, 2.45) is 0 Å². The average molecular weight is 325 g/mol. The number of aromatic nitrogens is 2. The quantitative estimate of drug-likeness (QED) is 0.739. The van der Waals surface area contributed by atoms with E-state index in [4.69, 9.17) is 4.74 Å². The first-order valence-corrected chi connectivity index (χ1v) is 6.55. The minimum Gasteiger partial charge on any atom is -1.00 e. The van der Waals surface area contributed by atoms with E-state index in [1.165, 1.54) is 5.56 Å². The van der Waals surface area contributed by atoms with Gasteiger partial charge in [0, 0.05) is 0 Å². The highest BCUT2D eigenvalue weighted by atomic mass is 79.9. The molecular formula is C15H21BrN2O. The van der Waals surface area contributed by atoms with Crippen LogP contribution in [-0.2, 0) is 6.42 Å². The number of halogens is 1. The third-order valence-corrected chi connectivity index (χ3v) is 3.16. The first-order chi connectivity index (χ1) is 8.79. The number of ether oxygens (including phenoxy) is 1. The van der Waals surface area contributed by atoms with Crippen molar-refractivity contribution in [2.45, 2.75) is 32.7 Å². The molecular weight excluding hydrogens is 304 g/mol. The number of H-pyrrole nitrogens is 1. The SMILES string of the molecule is CCOc1ccc(CCC(C)[n+]2cc[nH]c2)cc1.[Br-]. The molecule has 0 saturated carbocycles. The highest BCUT2D eigenvalue weighted by Gasteiger charge is 2.08. The van der Waals surface area contributed by atoms with Gasteiger partial charge in [0.15, 0.2) is 0 Å². The monoisotopic (exact) mass is 324 g/mol. The highest BCUT2D eigenvalue weighted by Crippen LogP contribution is 2.15. The topological polar surface area (TPSA) is 28.9 Å². The van der Waals surface area contributed by atoms with E-state index in [9.17, 15) is 0 Å². The predicted molar refractivity (Wildman–Crippen MR) is 71.6 cm³/mol. The second-order valence-corrected chi connectivity index (χ2v) is 4.52. The van der Waals surface area contributed by atoms with Crippen molar-refractivity contribution in [3.8, 4) is 5.75 Å². The van der Waals surface area contributed by atoms with Crippen LogP contribution < -0.4 is 26.3 Å². The fourth-order valence-electron chi connectivity index (χ4n) is 2.02. The summed E-state index contributed by atoms with van der Waals surface area (Å²) in [6.07, 6.45) is 8.25. The van der Waals surface area contributed by atoms with Gasteiger partial charge >= 0.3 is 0 Å². The van der Waals surface area contributed by atoms with Crippen molar-refractivity contribution in [1.29, 1.82) is 0 Å². The summed E-state index contributed by atoms with van der Waals surface area (Å²) < 4.78 is 7.64. The Morgan fingerprint density at radius 2 is 2.00 bits per heavy atom. The van der Waals surface area contributed by atoms with Gasteiger partial charge in [-0.25, -0.2) is 4.57 Å². The second-order valence-electron chi connectivity index (χ2n) is 4.52. The smallest absolute Gasteiger partial charge is 0.241 e. The van der Waals surface area contributed by atoms with Crippen LogP contribution in [-0.4, -0.2) is 11.6 Å². The van der Waals surface area contributed by atoms with Crippen LogP contribution >= 0.6 is 0 Å². The van der Waals surface area contributed by atoms with Crippen molar-refractivity contribution >= 4 is 0 Å². The maximum absolute atomic E-state index is 5.44. The molecule has 0 saturated heterocycles. The van der Waals surface area contributed by atoms with Gasteiger partial charge in [-0.2, -0.15) is 0 Å². The summed E-state index contributed by atoms with van der Waals surface area (Å²) in [4.78, 5) is 3.08. The number of aryl methyl sites for hydroxylation is 1. The molecule has 1 aromatic carbocycles. The molecule has 0 bridgehead atoms. The first kappa shape index (κ1) is 15.8. The van der Waals surface area contributed by atoms with Crippen molar-refractivity contribution in [2.75, 3.05) is 6.61 Å². The molecule has 104 valence electrons. The molecule has 1 unspecified atom stereocenters. The van der Waals surface area contributed by atoms with E-state index in [1.54, 1.807) is 0 Å². The summed E-state index contributed by atoms with van der Waals surface area (Å²) >= 11 is 0. The van der Waals surface area contributed by atoms with E-state index >= 15 is 0 Å². The van der Waals surface area contributed by atoms with Gasteiger partial charge in [-0.15, -0.1) is 0 Å². The summed E-state index contributed by atoms with van der Waals surface area (Å²) in [6, 6.07) is 8.92. The van der Waals surface area contributed by atoms with Gasteiger partial charge in [-0.1, -0.05) is 12.1 Å². The Balaban J connectivity index is 0.00000180. The summed E-state index contributed by atoms with van der Waals surface area (Å²) in [5, 5.41) is 0. The maximum atomic E-state index is 5.44. The van der Waals surface area contributed by atoms with Crippen LogP contribution in [0.2, 0.25) is 0 Å². The molecule has 0 fully saturated rings. The molecule has 19 heavy (non-hydrogen) atoms. The number of nitrogens with one attached hydrogen (secondary N) is 1. The number of aromatic amines is 1. The highest BCUT2D eigenvalue weighted by molar-refractivity contribution is 5.27. The Morgan fingerprint density at radius 1 is 1.26 bits per heavy atom. The molecule has 0 aliphatic carbocycles. The molecule has 2 rings (SSSR count). The summed E-state index contributed by atoms with van der Waals surface area (Å²) in [5.74, 6) is 0.953. The predicted octanol–water partition coefficient (Wildman–Crippen LogP) is -0.101. The molecule has 1 aromatic heterocycles. The number of rotatable bonds is 6. The van der Waals surface area contributed by atoms with Gasteiger partial charge in [0.05, 0.1) is 12.6 Å². The van der Waals surface area contributed by atoms with Gasteiger partial charge in [-0.05, 0) is 44.4 Å². The molecule has 0 aliphatic rings. The van der Waals surface area contributed by atoms with Crippen LogP contribution in [0.15, 0.2) is 43.0 Å². The van der Waals surface area contributed by atoms with E-state index in [0.29, 0.717) is 6.04 Å².